The molecule has 1 atom stereocenters. The van der Waals surface area contributed by atoms with Crippen LogP contribution in [0.5, 0.6) is 0 Å². The van der Waals surface area contributed by atoms with Crippen LogP contribution in [0.4, 0.5) is 5.69 Å². The second kappa shape index (κ2) is 4.38. The van der Waals surface area contributed by atoms with Crippen molar-refractivity contribution in [3.05, 3.63) is 28.2 Å². The molecule has 3 heteroatoms. The average molecular weight is 281 g/mol. The summed E-state index contributed by atoms with van der Waals surface area (Å²) >= 11 is 3.67. The first kappa shape index (κ1) is 10.6. The van der Waals surface area contributed by atoms with Gasteiger partial charge in [0.25, 0.3) is 0 Å². The summed E-state index contributed by atoms with van der Waals surface area (Å²) in [6, 6.07) is 7.69. The van der Waals surface area contributed by atoms with Gasteiger partial charge in [0.05, 0.1) is 0 Å². The molecule has 3 rings (SSSR count). The van der Waals surface area contributed by atoms with E-state index >= 15 is 0 Å². The fourth-order valence-electron chi connectivity index (χ4n) is 2.57. The molecule has 86 valence electrons. The molecule has 0 radical (unpaired) electrons. The van der Waals surface area contributed by atoms with Crippen LogP contribution in [-0.2, 0) is 0 Å². The lowest BCUT2D eigenvalue weighted by Crippen LogP contribution is -2.40. The van der Waals surface area contributed by atoms with Gasteiger partial charge >= 0.3 is 0 Å². The lowest BCUT2D eigenvalue weighted by Gasteiger charge is -2.35. The van der Waals surface area contributed by atoms with E-state index in [4.69, 9.17) is 0 Å². The second-order valence-corrected chi connectivity index (χ2v) is 5.62. The van der Waals surface area contributed by atoms with Gasteiger partial charge < -0.3 is 10.6 Å². The molecule has 2 aliphatic rings. The lowest BCUT2D eigenvalue weighted by atomic mass is 9.89. The quantitative estimate of drug-likeness (QED) is 0.867. The molecular weight excluding hydrogens is 264 g/mol. The maximum absolute atomic E-state index is 3.78. The van der Waals surface area contributed by atoms with Gasteiger partial charge in [-0.05, 0) is 31.4 Å². The summed E-state index contributed by atoms with van der Waals surface area (Å²) in [6.45, 7) is 1.08. The molecule has 1 heterocycles. The van der Waals surface area contributed by atoms with Crippen LogP contribution < -0.4 is 10.6 Å². The normalized spacial score (nSPS) is 24.4. The van der Waals surface area contributed by atoms with Crippen molar-refractivity contribution in [3.8, 4) is 0 Å². The summed E-state index contributed by atoms with van der Waals surface area (Å²) in [5.74, 6) is 0. The third kappa shape index (κ3) is 1.87. The highest BCUT2D eigenvalue weighted by molar-refractivity contribution is 9.10. The standard InChI is InChI=1S/C13H17BrN2/c14-10-5-2-6-11-13(10)12(7-8-15-11)16-9-3-1-4-9/h2,5-6,9,12,15-16H,1,3-4,7-8H2. The summed E-state index contributed by atoms with van der Waals surface area (Å²) in [7, 11) is 0. The van der Waals surface area contributed by atoms with Crippen molar-refractivity contribution >= 4 is 21.6 Å². The van der Waals surface area contributed by atoms with Crippen molar-refractivity contribution in [1.82, 2.24) is 5.32 Å². The van der Waals surface area contributed by atoms with Gasteiger partial charge in [0.2, 0.25) is 0 Å². The molecule has 0 amide bonds. The van der Waals surface area contributed by atoms with E-state index in [0.717, 1.165) is 12.6 Å². The molecular formula is C13H17BrN2. The summed E-state index contributed by atoms with van der Waals surface area (Å²) in [6.07, 6.45) is 5.28. The summed E-state index contributed by atoms with van der Waals surface area (Å²) in [5, 5.41) is 7.26. The number of hydrogen-bond acceptors (Lipinski definition) is 2. The SMILES string of the molecule is Brc1cccc2c1C(NC1CCC1)CCN2. The van der Waals surface area contributed by atoms with Crippen LogP contribution in [0, 0.1) is 0 Å². The Labute approximate surface area is 105 Å². The van der Waals surface area contributed by atoms with E-state index in [2.05, 4.69) is 44.8 Å². The van der Waals surface area contributed by atoms with Crippen molar-refractivity contribution in [2.24, 2.45) is 0 Å². The third-order valence-electron chi connectivity index (χ3n) is 3.69. The fourth-order valence-corrected chi connectivity index (χ4v) is 3.21. The molecule has 1 aliphatic heterocycles. The molecule has 2 nitrogen and oxygen atoms in total. The van der Waals surface area contributed by atoms with E-state index in [1.165, 1.54) is 41.4 Å². The zero-order valence-electron chi connectivity index (χ0n) is 9.30. The van der Waals surface area contributed by atoms with Crippen molar-refractivity contribution in [3.63, 3.8) is 0 Å². The smallest absolute Gasteiger partial charge is 0.0400 e. The number of rotatable bonds is 2. The molecule has 0 saturated heterocycles. The maximum Gasteiger partial charge on any atom is 0.0400 e. The minimum atomic E-state index is 0.525. The molecule has 1 unspecified atom stereocenters. The van der Waals surface area contributed by atoms with Crippen LogP contribution >= 0.6 is 15.9 Å². The lowest BCUT2D eigenvalue weighted by molar-refractivity contribution is 0.298. The van der Waals surface area contributed by atoms with Gasteiger partial charge in [-0.25, -0.2) is 0 Å². The summed E-state index contributed by atoms with van der Waals surface area (Å²) in [4.78, 5) is 0. The Balaban J connectivity index is 1.86. The molecule has 1 fully saturated rings. The number of nitrogens with one attached hydrogen (secondary N) is 2. The Kier molecular flexibility index (Phi) is 2.90. The van der Waals surface area contributed by atoms with Crippen LogP contribution in [0.25, 0.3) is 0 Å². The Hall–Kier alpha value is -0.540. The topological polar surface area (TPSA) is 24.1 Å². The Bertz CT molecular complexity index is 388. The molecule has 1 aliphatic carbocycles. The molecule has 2 N–H and O–H groups in total. The van der Waals surface area contributed by atoms with Crippen molar-refractivity contribution in [2.45, 2.75) is 37.8 Å². The molecule has 1 aromatic rings. The predicted molar refractivity (Wildman–Crippen MR) is 70.8 cm³/mol. The fraction of sp³-hybridized carbons (Fsp3) is 0.538. The van der Waals surface area contributed by atoms with E-state index in [1.54, 1.807) is 0 Å². The van der Waals surface area contributed by atoms with Gasteiger partial charge in [-0.2, -0.15) is 0 Å². The Morgan fingerprint density at radius 1 is 1.25 bits per heavy atom. The van der Waals surface area contributed by atoms with Crippen molar-refractivity contribution in [1.29, 1.82) is 0 Å². The average Bonchev–Trinajstić information content (AvgIpc) is 2.24. The van der Waals surface area contributed by atoms with Gasteiger partial charge in [0, 0.05) is 34.4 Å². The highest BCUT2D eigenvalue weighted by Crippen LogP contribution is 2.36. The zero-order chi connectivity index (χ0) is 11.0. The van der Waals surface area contributed by atoms with E-state index in [0.29, 0.717) is 6.04 Å². The minimum absolute atomic E-state index is 0.525. The zero-order valence-corrected chi connectivity index (χ0v) is 10.9. The van der Waals surface area contributed by atoms with E-state index in [9.17, 15) is 0 Å². The molecule has 1 saturated carbocycles. The number of fused-ring (bicyclic) bond motifs is 1. The maximum atomic E-state index is 3.78. The van der Waals surface area contributed by atoms with E-state index in [-0.39, 0.29) is 0 Å². The Morgan fingerprint density at radius 2 is 2.12 bits per heavy atom. The van der Waals surface area contributed by atoms with E-state index in [1.807, 2.05) is 0 Å². The predicted octanol–water partition coefficient (Wildman–Crippen LogP) is 3.45. The third-order valence-corrected chi connectivity index (χ3v) is 4.38. The van der Waals surface area contributed by atoms with Crippen LogP contribution in [-0.4, -0.2) is 12.6 Å². The number of halogens is 1. The van der Waals surface area contributed by atoms with Crippen LogP contribution in [0.2, 0.25) is 0 Å². The van der Waals surface area contributed by atoms with Gasteiger partial charge in [-0.1, -0.05) is 28.4 Å². The highest BCUT2D eigenvalue weighted by Gasteiger charge is 2.26. The first-order valence-electron chi connectivity index (χ1n) is 6.13. The van der Waals surface area contributed by atoms with E-state index < -0.39 is 0 Å². The van der Waals surface area contributed by atoms with Gasteiger partial charge in [0.1, 0.15) is 0 Å². The van der Waals surface area contributed by atoms with Gasteiger partial charge in [-0.15, -0.1) is 0 Å². The first-order chi connectivity index (χ1) is 7.84. The summed E-state index contributed by atoms with van der Waals surface area (Å²) < 4.78 is 1.23. The Morgan fingerprint density at radius 3 is 2.88 bits per heavy atom. The largest absolute Gasteiger partial charge is 0.385 e. The first-order valence-corrected chi connectivity index (χ1v) is 6.92. The van der Waals surface area contributed by atoms with Crippen LogP contribution in [0.1, 0.15) is 37.3 Å². The number of benzene rings is 1. The number of hydrogen-bond donors (Lipinski definition) is 2. The molecule has 0 aromatic heterocycles. The minimum Gasteiger partial charge on any atom is -0.385 e. The monoisotopic (exact) mass is 280 g/mol. The van der Waals surface area contributed by atoms with Gasteiger partial charge in [-0.3, -0.25) is 0 Å². The molecule has 16 heavy (non-hydrogen) atoms. The van der Waals surface area contributed by atoms with Crippen molar-refractivity contribution < 1.29 is 0 Å². The molecule has 1 aromatic carbocycles. The summed E-state index contributed by atoms with van der Waals surface area (Å²) in [5.41, 5.74) is 2.71. The van der Waals surface area contributed by atoms with Crippen LogP contribution in [0.3, 0.4) is 0 Å². The second-order valence-electron chi connectivity index (χ2n) is 4.76. The molecule has 0 spiro atoms. The highest BCUT2D eigenvalue weighted by atomic mass is 79.9. The molecule has 0 bridgehead atoms. The number of anilines is 1. The van der Waals surface area contributed by atoms with Crippen LogP contribution in [0.15, 0.2) is 22.7 Å². The van der Waals surface area contributed by atoms with Gasteiger partial charge in [0.15, 0.2) is 0 Å². The van der Waals surface area contributed by atoms with Crippen molar-refractivity contribution in [2.75, 3.05) is 11.9 Å².